The number of aliphatic hydroxyl groups excluding tert-OH is 1. The lowest BCUT2D eigenvalue weighted by molar-refractivity contribution is -0.128. The molecule has 204 valence electrons. The van der Waals surface area contributed by atoms with Gasteiger partial charge in [-0.15, -0.1) is 11.8 Å². The van der Waals surface area contributed by atoms with Gasteiger partial charge < -0.3 is 5.11 Å². The van der Waals surface area contributed by atoms with E-state index in [9.17, 15) is 9.90 Å². The van der Waals surface area contributed by atoms with Crippen molar-refractivity contribution in [3.63, 3.8) is 0 Å². The second-order valence-electron chi connectivity index (χ2n) is 6.71. The fourth-order valence-corrected chi connectivity index (χ4v) is 3.31. The second kappa shape index (κ2) is 30.7. The molecule has 6 heteroatoms. The molecule has 36 heavy (non-hydrogen) atoms. The molecule has 3 N–H and O–H groups in total. The summed E-state index contributed by atoms with van der Waals surface area (Å²) in [5.74, 6) is 0.637. The molecule has 0 unspecified atom stereocenters. The summed E-state index contributed by atoms with van der Waals surface area (Å²) in [6.45, 7) is 21.9. The van der Waals surface area contributed by atoms with E-state index in [-0.39, 0.29) is 12.5 Å². The largest absolute Gasteiger partial charge is 0.395 e. The summed E-state index contributed by atoms with van der Waals surface area (Å²) in [7, 11) is 0. The fraction of sp³-hybridized carbons (Fsp3) is 0.433. The van der Waals surface area contributed by atoms with E-state index >= 15 is 0 Å². The first kappa shape index (κ1) is 38.2. The van der Waals surface area contributed by atoms with Crippen molar-refractivity contribution in [1.82, 2.24) is 10.4 Å². The average Bonchev–Trinajstić information content (AvgIpc) is 2.95. The lowest BCUT2D eigenvalue weighted by Gasteiger charge is -2.19. The van der Waals surface area contributed by atoms with Gasteiger partial charge in [0, 0.05) is 31.8 Å². The molecule has 1 rings (SSSR count). The Kier molecular flexibility index (Phi) is 32.5. The minimum absolute atomic E-state index is 0.172. The van der Waals surface area contributed by atoms with E-state index in [4.69, 9.17) is 5.21 Å². The minimum atomic E-state index is -0.352. The van der Waals surface area contributed by atoms with Crippen LogP contribution in [0.2, 0.25) is 0 Å². The molecule has 1 aliphatic heterocycles. The third-order valence-corrected chi connectivity index (χ3v) is 5.30. The Labute approximate surface area is 225 Å². The van der Waals surface area contributed by atoms with Crippen LogP contribution in [0.5, 0.6) is 0 Å². The lowest BCUT2D eigenvalue weighted by atomic mass is 10.1. The Morgan fingerprint density at radius 1 is 1.19 bits per heavy atom. The van der Waals surface area contributed by atoms with Crippen molar-refractivity contribution in [3.05, 3.63) is 96.0 Å². The molecule has 0 aromatic heterocycles. The molecule has 5 nitrogen and oxygen atoms in total. The van der Waals surface area contributed by atoms with Gasteiger partial charge in [0.05, 0.1) is 6.61 Å². The highest BCUT2D eigenvalue weighted by atomic mass is 32.2. The van der Waals surface area contributed by atoms with Crippen LogP contribution in [0, 0.1) is 0 Å². The molecule has 1 aliphatic rings. The summed E-state index contributed by atoms with van der Waals surface area (Å²) in [4.78, 5) is 12.1. The van der Waals surface area contributed by atoms with Crippen molar-refractivity contribution in [2.24, 2.45) is 0 Å². The smallest absolute Gasteiger partial charge is 0.243 e. The fourth-order valence-electron chi connectivity index (χ4n) is 2.58. The van der Waals surface area contributed by atoms with E-state index in [1.165, 1.54) is 16.6 Å². The number of hydrogen-bond donors (Lipinski definition) is 3. The van der Waals surface area contributed by atoms with Crippen LogP contribution in [0.25, 0.3) is 0 Å². The Balaban J connectivity index is -0.000000932. The molecule has 0 aromatic rings. The zero-order valence-corrected chi connectivity index (χ0v) is 24.2. The van der Waals surface area contributed by atoms with Gasteiger partial charge in [0.2, 0.25) is 5.91 Å². The zero-order valence-electron chi connectivity index (χ0n) is 23.4. The number of allylic oxidation sites excluding steroid dienone is 10. The normalized spacial score (nSPS) is 13.1. The third-order valence-electron chi connectivity index (χ3n) is 4.47. The Bertz CT molecular complexity index is 741. The van der Waals surface area contributed by atoms with E-state index < -0.39 is 0 Å². The Morgan fingerprint density at radius 2 is 1.89 bits per heavy atom. The number of thioether (sulfide) groups is 1. The molecule has 0 aliphatic carbocycles. The first-order valence-corrected chi connectivity index (χ1v) is 13.8. The maximum Gasteiger partial charge on any atom is 0.243 e. The summed E-state index contributed by atoms with van der Waals surface area (Å²) in [6, 6.07) is 0. The standard InChI is InChI=1S/C23H31NOS.C3H7NO2.2C2H6/c1-4-7-11-21(5-2)14-16-24(17-18-25)15-9-8-12-22(6-3)23-13-10-19-26-20-23;1-2-3(5)4-6;2*1-2/h4-13,19,25H,1,3,14-18,20H2,2H3;6H,2H2,1H3,(H,4,5);2*1-2H3/b9-8+,11-7-,21-5+,22-12+;;;. The van der Waals surface area contributed by atoms with E-state index in [2.05, 4.69) is 66.0 Å². The highest BCUT2D eigenvalue weighted by molar-refractivity contribution is 8.02. The molecule has 0 bridgehead atoms. The van der Waals surface area contributed by atoms with Gasteiger partial charge in [-0.05, 0) is 29.9 Å². The van der Waals surface area contributed by atoms with E-state index in [1.807, 2.05) is 46.8 Å². The number of hydrogen-bond acceptors (Lipinski definition) is 5. The number of nitrogens with zero attached hydrogens (tertiary/aromatic N) is 1. The topological polar surface area (TPSA) is 72.8 Å². The predicted octanol–water partition coefficient (Wildman–Crippen LogP) is 7.17. The molecule has 0 fully saturated rings. The summed E-state index contributed by atoms with van der Waals surface area (Å²) in [5.41, 5.74) is 5.22. The number of aliphatic hydroxyl groups is 1. The van der Waals surface area contributed by atoms with Crippen LogP contribution in [-0.4, -0.2) is 53.1 Å². The maximum absolute atomic E-state index is 9.82. The number of carbonyl (C=O) groups excluding carboxylic acids is 1. The van der Waals surface area contributed by atoms with E-state index in [0.29, 0.717) is 13.0 Å². The van der Waals surface area contributed by atoms with Gasteiger partial charge in [0.15, 0.2) is 0 Å². The molecule has 0 spiro atoms. The van der Waals surface area contributed by atoms with Crippen molar-refractivity contribution in [2.75, 3.05) is 32.0 Å². The molecule has 0 atom stereocenters. The van der Waals surface area contributed by atoms with Gasteiger partial charge in [-0.3, -0.25) is 14.9 Å². The quantitative estimate of drug-likeness (QED) is 0.137. The van der Waals surface area contributed by atoms with Crippen LogP contribution in [0.3, 0.4) is 0 Å². The molecule has 1 amide bonds. The third kappa shape index (κ3) is 22.1. The number of nitrogens with one attached hydrogen (secondary N) is 1. The molecule has 0 saturated heterocycles. The molecular weight excluding hydrogens is 468 g/mol. The van der Waals surface area contributed by atoms with Gasteiger partial charge >= 0.3 is 0 Å². The van der Waals surface area contributed by atoms with E-state index in [0.717, 1.165) is 30.8 Å². The first-order valence-electron chi connectivity index (χ1n) is 12.7. The monoisotopic (exact) mass is 518 g/mol. The molecule has 0 aromatic carbocycles. The lowest BCUT2D eigenvalue weighted by Crippen LogP contribution is -2.28. The summed E-state index contributed by atoms with van der Waals surface area (Å²) >= 11 is 1.80. The van der Waals surface area contributed by atoms with Crippen LogP contribution in [0.15, 0.2) is 96.0 Å². The zero-order chi connectivity index (χ0) is 28.0. The van der Waals surface area contributed by atoms with Crippen molar-refractivity contribution < 1.29 is 15.1 Å². The minimum Gasteiger partial charge on any atom is -0.395 e. The van der Waals surface area contributed by atoms with Crippen LogP contribution in [-0.2, 0) is 4.79 Å². The van der Waals surface area contributed by atoms with Crippen molar-refractivity contribution >= 4 is 17.7 Å². The second-order valence-corrected chi connectivity index (χ2v) is 7.60. The number of amides is 1. The highest BCUT2D eigenvalue weighted by Gasteiger charge is 2.04. The summed E-state index contributed by atoms with van der Waals surface area (Å²) in [5, 5.41) is 19.1. The predicted molar refractivity (Wildman–Crippen MR) is 161 cm³/mol. The van der Waals surface area contributed by atoms with Crippen molar-refractivity contribution in [3.8, 4) is 0 Å². The van der Waals surface area contributed by atoms with Crippen LogP contribution in [0.1, 0.15) is 54.4 Å². The van der Waals surface area contributed by atoms with Crippen LogP contribution >= 0.6 is 11.8 Å². The SMILES string of the molecule is C=C/C=C\C(=C/C)CCN(C/C=C/C=C(\C=C)C1=CC=CSC1)CCO.CC.CC.CCC(=O)NO. The van der Waals surface area contributed by atoms with Gasteiger partial charge in [0.1, 0.15) is 0 Å². The van der Waals surface area contributed by atoms with Gasteiger partial charge in [-0.2, -0.15) is 0 Å². The molecule has 0 saturated carbocycles. The van der Waals surface area contributed by atoms with Gasteiger partial charge in [-0.1, -0.05) is 114 Å². The van der Waals surface area contributed by atoms with E-state index in [1.54, 1.807) is 24.8 Å². The average molecular weight is 519 g/mol. The Morgan fingerprint density at radius 3 is 2.33 bits per heavy atom. The van der Waals surface area contributed by atoms with Crippen molar-refractivity contribution in [1.29, 1.82) is 0 Å². The number of rotatable bonds is 13. The van der Waals surface area contributed by atoms with Crippen molar-refractivity contribution in [2.45, 2.75) is 54.4 Å². The summed E-state index contributed by atoms with van der Waals surface area (Å²) in [6.07, 6.45) is 21.7. The van der Waals surface area contributed by atoms with Gasteiger partial charge in [-0.25, -0.2) is 5.48 Å². The first-order chi connectivity index (χ1) is 17.6. The molecule has 0 radical (unpaired) electrons. The summed E-state index contributed by atoms with van der Waals surface area (Å²) < 4.78 is 0. The molecule has 1 heterocycles. The maximum atomic E-state index is 9.82. The Hall–Kier alpha value is -2.38. The van der Waals surface area contributed by atoms with Crippen LogP contribution < -0.4 is 5.48 Å². The van der Waals surface area contributed by atoms with Crippen LogP contribution in [0.4, 0.5) is 0 Å². The van der Waals surface area contributed by atoms with Gasteiger partial charge in [0.25, 0.3) is 0 Å². The number of carbonyl (C=O) groups is 1. The highest BCUT2D eigenvalue weighted by Crippen LogP contribution is 2.22. The molecular formula is C30H50N2O3S. The number of hydroxylamine groups is 1.